The van der Waals surface area contributed by atoms with Crippen molar-refractivity contribution < 1.29 is 18.7 Å². The van der Waals surface area contributed by atoms with Crippen LogP contribution < -0.4 is 15.8 Å². The first kappa shape index (κ1) is 14.4. The molecule has 0 radical (unpaired) electrons. The van der Waals surface area contributed by atoms with Crippen LogP contribution in [0.15, 0.2) is 18.2 Å². The van der Waals surface area contributed by atoms with Gasteiger partial charge in [0.25, 0.3) is 0 Å². The molecule has 0 aliphatic rings. The summed E-state index contributed by atoms with van der Waals surface area (Å²) >= 11 is 0. The highest BCUT2D eigenvalue weighted by molar-refractivity contribution is 5.95. The molecule has 0 aliphatic carbocycles. The van der Waals surface area contributed by atoms with E-state index in [2.05, 4.69) is 5.32 Å². The van der Waals surface area contributed by atoms with Gasteiger partial charge < -0.3 is 20.5 Å². The third-order valence-electron chi connectivity index (χ3n) is 2.16. The summed E-state index contributed by atoms with van der Waals surface area (Å²) < 4.78 is 23.3. The normalized spacial score (nSPS) is 12.0. The van der Waals surface area contributed by atoms with Gasteiger partial charge in [0.2, 0.25) is 5.91 Å². The molecule has 100 valence electrons. The summed E-state index contributed by atoms with van der Waals surface area (Å²) in [6, 6.07) is 3.20. The third kappa shape index (κ3) is 4.31. The van der Waals surface area contributed by atoms with Crippen LogP contribution in [0.5, 0.6) is 5.75 Å². The fourth-order valence-corrected chi connectivity index (χ4v) is 1.21. The highest BCUT2D eigenvalue weighted by atomic mass is 19.1. The van der Waals surface area contributed by atoms with Crippen LogP contribution in [0.2, 0.25) is 0 Å². The number of nitrogens with one attached hydrogen (secondary N) is 1. The molecule has 0 unspecified atom stereocenters. The zero-order chi connectivity index (χ0) is 13.5. The molecule has 0 aromatic heterocycles. The van der Waals surface area contributed by atoms with E-state index in [-0.39, 0.29) is 5.69 Å². The van der Waals surface area contributed by atoms with E-state index in [9.17, 15) is 9.18 Å². The topological polar surface area (TPSA) is 73.6 Å². The number of ether oxygens (including phenoxy) is 2. The number of anilines is 1. The number of benzene rings is 1. The molecule has 1 aromatic rings. The summed E-state index contributed by atoms with van der Waals surface area (Å²) in [6.07, 6.45) is 0. The molecule has 3 N–H and O–H groups in total. The Morgan fingerprint density at radius 2 is 2.22 bits per heavy atom. The van der Waals surface area contributed by atoms with Crippen molar-refractivity contribution in [3.63, 3.8) is 0 Å². The zero-order valence-electron chi connectivity index (χ0n) is 10.4. The van der Waals surface area contributed by atoms with Gasteiger partial charge in [-0.1, -0.05) is 0 Å². The SMILES string of the molecule is COCCOc1ccc(F)cc1NC(=O)[C@H](C)N. The van der Waals surface area contributed by atoms with Crippen molar-refractivity contribution in [1.29, 1.82) is 0 Å². The average Bonchev–Trinajstić information content (AvgIpc) is 2.32. The number of nitrogens with two attached hydrogens (primary N) is 1. The molecule has 1 amide bonds. The van der Waals surface area contributed by atoms with Crippen molar-refractivity contribution in [2.75, 3.05) is 25.6 Å². The second-order valence-electron chi connectivity index (χ2n) is 3.76. The number of carbonyl (C=O) groups excluding carboxylic acids is 1. The molecule has 0 spiro atoms. The molecule has 5 nitrogen and oxygen atoms in total. The maximum Gasteiger partial charge on any atom is 0.241 e. The van der Waals surface area contributed by atoms with E-state index < -0.39 is 17.8 Å². The molecule has 0 saturated carbocycles. The quantitative estimate of drug-likeness (QED) is 0.748. The first-order valence-corrected chi connectivity index (χ1v) is 5.52. The lowest BCUT2D eigenvalue weighted by atomic mass is 10.2. The maximum absolute atomic E-state index is 13.1. The first-order chi connectivity index (χ1) is 8.54. The predicted octanol–water partition coefficient (Wildman–Crippen LogP) is 1.14. The van der Waals surface area contributed by atoms with Gasteiger partial charge in [0.05, 0.1) is 18.3 Å². The van der Waals surface area contributed by atoms with E-state index >= 15 is 0 Å². The van der Waals surface area contributed by atoms with Crippen LogP contribution in [0, 0.1) is 5.82 Å². The molecule has 1 aromatic carbocycles. The predicted molar refractivity (Wildman–Crippen MR) is 66.1 cm³/mol. The summed E-state index contributed by atoms with van der Waals surface area (Å²) in [5.74, 6) is -0.492. The largest absolute Gasteiger partial charge is 0.489 e. The summed E-state index contributed by atoms with van der Waals surface area (Å²) in [5.41, 5.74) is 5.68. The maximum atomic E-state index is 13.1. The van der Waals surface area contributed by atoms with Crippen LogP contribution in [0.3, 0.4) is 0 Å². The molecule has 1 rings (SSSR count). The van der Waals surface area contributed by atoms with E-state index in [4.69, 9.17) is 15.2 Å². The molecule has 0 aliphatic heterocycles. The zero-order valence-corrected chi connectivity index (χ0v) is 10.4. The fraction of sp³-hybridized carbons (Fsp3) is 0.417. The van der Waals surface area contributed by atoms with Crippen LogP contribution in [-0.4, -0.2) is 32.3 Å². The Morgan fingerprint density at radius 3 is 2.83 bits per heavy atom. The Hall–Kier alpha value is -1.66. The molecule has 18 heavy (non-hydrogen) atoms. The number of hydrogen-bond donors (Lipinski definition) is 2. The van der Waals surface area contributed by atoms with Crippen molar-refractivity contribution in [1.82, 2.24) is 0 Å². The highest BCUT2D eigenvalue weighted by Gasteiger charge is 2.12. The summed E-state index contributed by atoms with van der Waals surface area (Å²) in [6.45, 7) is 2.25. The molecule has 0 bridgehead atoms. The number of halogens is 1. The Labute approximate surface area is 105 Å². The second-order valence-corrected chi connectivity index (χ2v) is 3.76. The third-order valence-corrected chi connectivity index (χ3v) is 2.16. The Morgan fingerprint density at radius 1 is 1.50 bits per heavy atom. The van der Waals surface area contributed by atoms with E-state index in [1.54, 1.807) is 14.0 Å². The van der Waals surface area contributed by atoms with Crippen LogP contribution in [-0.2, 0) is 9.53 Å². The highest BCUT2D eigenvalue weighted by Crippen LogP contribution is 2.25. The van der Waals surface area contributed by atoms with Gasteiger partial charge in [-0.25, -0.2) is 4.39 Å². The van der Waals surface area contributed by atoms with Gasteiger partial charge in [0, 0.05) is 13.2 Å². The standard InChI is InChI=1S/C12H17FN2O3/c1-8(14)12(16)15-10-7-9(13)3-4-11(10)18-6-5-17-2/h3-4,7-8H,5-6,14H2,1-2H3,(H,15,16)/t8-/m0/s1. The van der Waals surface area contributed by atoms with Crippen molar-refractivity contribution in [3.05, 3.63) is 24.0 Å². The minimum Gasteiger partial charge on any atom is -0.489 e. The van der Waals surface area contributed by atoms with E-state index in [1.807, 2.05) is 0 Å². The minimum atomic E-state index is -0.680. The smallest absolute Gasteiger partial charge is 0.241 e. The molecule has 1 atom stereocenters. The average molecular weight is 256 g/mol. The van der Waals surface area contributed by atoms with Gasteiger partial charge in [-0.15, -0.1) is 0 Å². The number of hydrogen-bond acceptors (Lipinski definition) is 4. The minimum absolute atomic E-state index is 0.258. The number of methoxy groups -OCH3 is 1. The monoisotopic (exact) mass is 256 g/mol. The van der Waals surface area contributed by atoms with Crippen molar-refractivity contribution >= 4 is 11.6 Å². The summed E-state index contributed by atoms with van der Waals surface area (Å²) in [4.78, 5) is 11.5. The first-order valence-electron chi connectivity index (χ1n) is 5.52. The van der Waals surface area contributed by atoms with Crippen LogP contribution in [0.4, 0.5) is 10.1 Å². The van der Waals surface area contributed by atoms with Gasteiger partial charge in [0.15, 0.2) is 0 Å². The molecule has 0 fully saturated rings. The van der Waals surface area contributed by atoms with Crippen LogP contribution in [0.1, 0.15) is 6.92 Å². The molecule has 0 saturated heterocycles. The Balaban J connectivity index is 2.79. The van der Waals surface area contributed by atoms with Gasteiger partial charge >= 0.3 is 0 Å². The van der Waals surface area contributed by atoms with Crippen LogP contribution in [0.25, 0.3) is 0 Å². The second kappa shape index (κ2) is 6.93. The van der Waals surface area contributed by atoms with Crippen molar-refractivity contribution in [3.8, 4) is 5.75 Å². The van der Waals surface area contributed by atoms with E-state index in [0.717, 1.165) is 0 Å². The number of rotatable bonds is 6. The van der Waals surface area contributed by atoms with Gasteiger partial charge in [-0.2, -0.15) is 0 Å². The lowest BCUT2D eigenvalue weighted by molar-refractivity contribution is -0.117. The van der Waals surface area contributed by atoms with Gasteiger partial charge in [-0.3, -0.25) is 4.79 Å². The summed E-state index contributed by atoms with van der Waals surface area (Å²) in [7, 11) is 1.55. The molecular formula is C12H17FN2O3. The van der Waals surface area contributed by atoms with Crippen LogP contribution >= 0.6 is 0 Å². The number of amides is 1. The molecule has 0 heterocycles. The van der Waals surface area contributed by atoms with E-state index in [0.29, 0.717) is 19.0 Å². The Bertz CT molecular complexity index is 410. The van der Waals surface area contributed by atoms with E-state index in [1.165, 1.54) is 18.2 Å². The lowest BCUT2D eigenvalue weighted by Crippen LogP contribution is -2.32. The fourth-order valence-electron chi connectivity index (χ4n) is 1.21. The van der Waals surface area contributed by atoms with Gasteiger partial charge in [-0.05, 0) is 19.1 Å². The van der Waals surface area contributed by atoms with Gasteiger partial charge in [0.1, 0.15) is 18.2 Å². The number of carbonyl (C=O) groups is 1. The lowest BCUT2D eigenvalue weighted by Gasteiger charge is -2.13. The molecular weight excluding hydrogens is 239 g/mol. The summed E-state index contributed by atoms with van der Waals surface area (Å²) in [5, 5.41) is 2.51. The Kier molecular flexibility index (Phi) is 5.54. The van der Waals surface area contributed by atoms with Crippen molar-refractivity contribution in [2.45, 2.75) is 13.0 Å². The van der Waals surface area contributed by atoms with Crippen molar-refractivity contribution in [2.24, 2.45) is 5.73 Å². The molecule has 6 heteroatoms.